The van der Waals surface area contributed by atoms with Crippen LogP contribution in [0.1, 0.15) is 11.5 Å². The minimum Gasteiger partial charge on any atom is -0.460 e. The molecule has 2 aromatic heterocycles. The normalized spacial score (nSPS) is 11.1. The van der Waals surface area contributed by atoms with Crippen molar-refractivity contribution in [1.82, 2.24) is 10.3 Å². The zero-order valence-electron chi connectivity index (χ0n) is 9.22. The van der Waals surface area contributed by atoms with Gasteiger partial charge in [0.2, 0.25) is 0 Å². The highest BCUT2D eigenvalue weighted by Crippen LogP contribution is 2.18. The van der Waals surface area contributed by atoms with Crippen molar-refractivity contribution < 1.29 is 4.42 Å². The molecule has 4 heteroatoms. The molecule has 17 heavy (non-hydrogen) atoms. The van der Waals surface area contributed by atoms with Crippen LogP contribution in [0, 0.1) is 0 Å². The molecular weight excluding hydrogens is 232 g/mol. The summed E-state index contributed by atoms with van der Waals surface area (Å²) in [5, 5.41) is 6.51. The van der Waals surface area contributed by atoms with Crippen molar-refractivity contribution in [1.29, 1.82) is 0 Å². The van der Waals surface area contributed by atoms with Crippen LogP contribution in [-0.4, -0.2) is 4.98 Å². The molecule has 0 saturated carbocycles. The largest absolute Gasteiger partial charge is 0.460 e. The molecule has 0 fully saturated rings. The average Bonchev–Trinajstić information content (AvgIpc) is 2.96. The summed E-state index contributed by atoms with van der Waals surface area (Å²) in [6.07, 6.45) is 0. The van der Waals surface area contributed by atoms with Crippen LogP contribution in [0.3, 0.4) is 0 Å². The first-order chi connectivity index (χ1) is 8.42. The van der Waals surface area contributed by atoms with Crippen LogP contribution < -0.4 is 5.32 Å². The summed E-state index contributed by atoms with van der Waals surface area (Å²) in [5.41, 5.74) is 3.86. The van der Waals surface area contributed by atoms with Crippen molar-refractivity contribution in [3.63, 3.8) is 0 Å². The fraction of sp³-hybridized carbons (Fsp3) is 0.154. The molecule has 0 unspecified atom stereocenters. The first kappa shape index (κ1) is 10.5. The van der Waals surface area contributed by atoms with Crippen LogP contribution in [0.25, 0.3) is 11.0 Å². The fourth-order valence-electron chi connectivity index (χ4n) is 1.76. The van der Waals surface area contributed by atoms with E-state index in [2.05, 4.69) is 22.4 Å². The number of hydrogen-bond acceptors (Lipinski definition) is 4. The predicted molar refractivity (Wildman–Crippen MR) is 68.9 cm³/mol. The van der Waals surface area contributed by atoms with Crippen molar-refractivity contribution in [2.45, 2.75) is 13.1 Å². The van der Waals surface area contributed by atoms with Crippen molar-refractivity contribution in [2.24, 2.45) is 0 Å². The van der Waals surface area contributed by atoms with Gasteiger partial charge in [0, 0.05) is 17.3 Å². The van der Waals surface area contributed by atoms with E-state index in [0.29, 0.717) is 0 Å². The lowest BCUT2D eigenvalue weighted by molar-refractivity contribution is 0.512. The third-order valence-electron chi connectivity index (χ3n) is 2.57. The Hall–Kier alpha value is -1.65. The number of benzene rings is 1. The lowest BCUT2D eigenvalue weighted by Crippen LogP contribution is -2.12. The minimum absolute atomic E-state index is 0.728. The van der Waals surface area contributed by atoms with E-state index in [4.69, 9.17) is 4.42 Å². The molecule has 0 aliphatic carbocycles. The smallest absolute Gasteiger partial charge is 0.134 e. The van der Waals surface area contributed by atoms with Crippen LogP contribution in [0.5, 0.6) is 0 Å². The number of fused-ring (bicyclic) bond motifs is 1. The molecular formula is C13H12N2OS. The molecule has 0 aliphatic heterocycles. The van der Waals surface area contributed by atoms with Gasteiger partial charge in [-0.3, -0.25) is 0 Å². The Morgan fingerprint density at radius 2 is 2.18 bits per heavy atom. The molecule has 1 N–H and O–H groups in total. The Morgan fingerprint density at radius 1 is 1.24 bits per heavy atom. The van der Waals surface area contributed by atoms with Gasteiger partial charge in [0.15, 0.2) is 0 Å². The Balaban J connectivity index is 1.65. The second-order valence-corrected chi connectivity index (χ2v) is 4.55. The molecule has 0 saturated heterocycles. The topological polar surface area (TPSA) is 38.1 Å². The maximum atomic E-state index is 5.71. The minimum atomic E-state index is 0.728. The first-order valence-corrected chi connectivity index (χ1v) is 6.41. The van der Waals surface area contributed by atoms with E-state index >= 15 is 0 Å². The van der Waals surface area contributed by atoms with Crippen LogP contribution in [0.2, 0.25) is 0 Å². The number of furan rings is 1. The number of hydrogen-bond donors (Lipinski definition) is 1. The summed E-state index contributed by atoms with van der Waals surface area (Å²) in [4.78, 5) is 4.22. The molecule has 0 spiro atoms. The van der Waals surface area contributed by atoms with Gasteiger partial charge in [0.1, 0.15) is 11.3 Å². The molecule has 86 valence electrons. The predicted octanol–water partition coefficient (Wildman–Crippen LogP) is 3.18. The molecule has 0 aliphatic rings. The number of nitrogens with one attached hydrogen (secondary N) is 1. The highest BCUT2D eigenvalue weighted by Gasteiger charge is 2.02. The van der Waals surface area contributed by atoms with Gasteiger partial charge in [-0.05, 0) is 12.1 Å². The Kier molecular flexibility index (Phi) is 2.90. The zero-order chi connectivity index (χ0) is 11.5. The number of thiazole rings is 1. The maximum absolute atomic E-state index is 5.71. The number of rotatable bonds is 4. The van der Waals surface area contributed by atoms with E-state index in [0.717, 1.165) is 35.5 Å². The second kappa shape index (κ2) is 4.69. The monoisotopic (exact) mass is 244 g/mol. The van der Waals surface area contributed by atoms with E-state index < -0.39 is 0 Å². The molecule has 0 atom stereocenters. The second-order valence-electron chi connectivity index (χ2n) is 3.83. The van der Waals surface area contributed by atoms with Crippen LogP contribution in [-0.2, 0) is 13.1 Å². The van der Waals surface area contributed by atoms with E-state index in [-0.39, 0.29) is 0 Å². The molecule has 3 nitrogen and oxygen atoms in total. The summed E-state index contributed by atoms with van der Waals surface area (Å²) >= 11 is 1.62. The van der Waals surface area contributed by atoms with Gasteiger partial charge in [-0.1, -0.05) is 18.2 Å². The fourth-order valence-corrected chi connectivity index (χ4v) is 2.32. The van der Waals surface area contributed by atoms with Crippen molar-refractivity contribution in [3.05, 3.63) is 52.7 Å². The van der Waals surface area contributed by atoms with E-state index in [1.807, 2.05) is 29.1 Å². The van der Waals surface area contributed by atoms with Gasteiger partial charge in [0.25, 0.3) is 0 Å². The third-order valence-corrected chi connectivity index (χ3v) is 3.20. The quantitative estimate of drug-likeness (QED) is 0.766. The first-order valence-electron chi connectivity index (χ1n) is 5.47. The van der Waals surface area contributed by atoms with Crippen molar-refractivity contribution in [3.8, 4) is 0 Å². The summed E-state index contributed by atoms with van der Waals surface area (Å²) < 4.78 is 5.71. The Morgan fingerprint density at radius 3 is 3.00 bits per heavy atom. The van der Waals surface area contributed by atoms with Crippen molar-refractivity contribution in [2.75, 3.05) is 0 Å². The van der Waals surface area contributed by atoms with Gasteiger partial charge in [0.05, 0.1) is 17.7 Å². The van der Waals surface area contributed by atoms with Gasteiger partial charge < -0.3 is 9.73 Å². The number of para-hydroxylation sites is 1. The summed E-state index contributed by atoms with van der Waals surface area (Å²) in [7, 11) is 0. The molecule has 0 amide bonds. The highest BCUT2D eigenvalue weighted by molar-refractivity contribution is 7.07. The van der Waals surface area contributed by atoms with Gasteiger partial charge in [-0.25, -0.2) is 4.98 Å². The molecule has 3 aromatic rings. The lowest BCUT2D eigenvalue weighted by atomic mass is 10.2. The molecule has 2 heterocycles. The Bertz CT molecular complexity index is 568. The SMILES string of the molecule is c1ccc2oc(CNCc3cscn3)cc2c1. The highest BCUT2D eigenvalue weighted by atomic mass is 32.1. The van der Waals surface area contributed by atoms with E-state index in [9.17, 15) is 0 Å². The lowest BCUT2D eigenvalue weighted by Gasteiger charge is -1.98. The van der Waals surface area contributed by atoms with E-state index in [1.165, 1.54) is 0 Å². The third kappa shape index (κ3) is 2.38. The van der Waals surface area contributed by atoms with Crippen LogP contribution in [0.4, 0.5) is 0 Å². The Labute approximate surface area is 103 Å². The van der Waals surface area contributed by atoms with Gasteiger partial charge >= 0.3 is 0 Å². The summed E-state index contributed by atoms with van der Waals surface area (Å²) in [5.74, 6) is 0.960. The molecule has 3 rings (SSSR count). The maximum Gasteiger partial charge on any atom is 0.134 e. The number of nitrogens with zero attached hydrogens (tertiary/aromatic N) is 1. The van der Waals surface area contributed by atoms with Crippen molar-refractivity contribution >= 4 is 22.3 Å². The van der Waals surface area contributed by atoms with E-state index in [1.54, 1.807) is 11.3 Å². The van der Waals surface area contributed by atoms with Gasteiger partial charge in [-0.15, -0.1) is 11.3 Å². The molecule has 0 radical (unpaired) electrons. The standard InChI is InChI=1S/C13H12N2OS/c1-2-4-13-10(3-1)5-12(16-13)7-14-6-11-8-17-9-15-11/h1-5,8-9,14H,6-7H2. The molecule has 1 aromatic carbocycles. The van der Waals surface area contributed by atoms with Crippen LogP contribution >= 0.6 is 11.3 Å². The average molecular weight is 244 g/mol. The summed E-state index contributed by atoms with van der Waals surface area (Å²) in [6.45, 7) is 1.51. The number of aromatic nitrogens is 1. The van der Waals surface area contributed by atoms with Gasteiger partial charge in [-0.2, -0.15) is 0 Å². The zero-order valence-corrected chi connectivity index (χ0v) is 10.0. The summed E-state index contributed by atoms with van der Waals surface area (Å²) in [6, 6.07) is 10.1. The van der Waals surface area contributed by atoms with Crippen LogP contribution in [0.15, 0.2) is 45.6 Å². The molecule has 0 bridgehead atoms.